The van der Waals surface area contributed by atoms with Crippen molar-refractivity contribution in [3.8, 4) is 0 Å². The van der Waals surface area contributed by atoms with E-state index in [0.29, 0.717) is 17.1 Å². The molecule has 0 heterocycles. The van der Waals surface area contributed by atoms with Crippen LogP contribution in [-0.2, 0) is 0 Å². The van der Waals surface area contributed by atoms with Crippen LogP contribution in [0.4, 0.5) is 16.2 Å². The van der Waals surface area contributed by atoms with E-state index in [1.54, 1.807) is 12.1 Å². The fraction of sp³-hybridized carbons (Fsp3) is 0.462. The van der Waals surface area contributed by atoms with Crippen molar-refractivity contribution < 1.29 is 9.90 Å². The van der Waals surface area contributed by atoms with E-state index in [1.165, 1.54) is 0 Å². The van der Waals surface area contributed by atoms with Gasteiger partial charge < -0.3 is 20.6 Å². The van der Waals surface area contributed by atoms with E-state index < -0.39 is 0 Å². The summed E-state index contributed by atoms with van der Waals surface area (Å²) in [4.78, 5) is 13.7. The quantitative estimate of drug-likeness (QED) is 0.778. The van der Waals surface area contributed by atoms with Gasteiger partial charge in [-0.2, -0.15) is 0 Å². The number of aliphatic hydroxyl groups excluding tert-OH is 1. The first-order chi connectivity index (χ1) is 8.97. The molecule has 0 spiro atoms. The fourth-order valence-electron chi connectivity index (χ4n) is 1.62. The Labute approximate surface area is 118 Å². The van der Waals surface area contributed by atoms with Gasteiger partial charge in [-0.3, -0.25) is 0 Å². The molecule has 5 nitrogen and oxygen atoms in total. The molecule has 0 aliphatic carbocycles. The van der Waals surface area contributed by atoms with E-state index in [1.807, 2.05) is 32.0 Å². The van der Waals surface area contributed by atoms with Gasteiger partial charge in [-0.05, 0) is 24.6 Å². The minimum absolute atomic E-state index is 0.0833. The van der Waals surface area contributed by atoms with Crippen LogP contribution in [-0.4, -0.2) is 37.9 Å². The van der Waals surface area contributed by atoms with Gasteiger partial charge in [0.25, 0.3) is 0 Å². The fourth-order valence-corrected chi connectivity index (χ4v) is 1.79. The molecule has 3 N–H and O–H groups in total. The zero-order chi connectivity index (χ0) is 14.4. The van der Waals surface area contributed by atoms with Gasteiger partial charge in [-0.15, -0.1) is 0 Å². The van der Waals surface area contributed by atoms with Gasteiger partial charge >= 0.3 is 6.03 Å². The Hall–Kier alpha value is -1.46. The van der Waals surface area contributed by atoms with Crippen LogP contribution < -0.4 is 15.5 Å². The number of hydrogen-bond donors (Lipinski definition) is 3. The minimum atomic E-state index is -0.355. The first kappa shape index (κ1) is 15.6. The van der Waals surface area contributed by atoms with Gasteiger partial charge in [0, 0.05) is 19.1 Å². The van der Waals surface area contributed by atoms with Crippen molar-refractivity contribution in [1.82, 2.24) is 5.32 Å². The highest BCUT2D eigenvalue weighted by Gasteiger charge is 2.12. The summed E-state index contributed by atoms with van der Waals surface area (Å²) < 4.78 is 0. The maximum absolute atomic E-state index is 11.8. The number of benzene rings is 1. The average Bonchev–Trinajstić information content (AvgIpc) is 2.35. The minimum Gasteiger partial charge on any atom is -0.394 e. The highest BCUT2D eigenvalue weighted by molar-refractivity contribution is 6.31. The third kappa shape index (κ3) is 4.61. The topological polar surface area (TPSA) is 64.6 Å². The molecule has 0 aliphatic rings. The van der Waals surface area contributed by atoms with E-state index in [2.05, 4.69) is 10.6 Å². The molecular weight excluding hydrogens is 266 g/mol. The molecule has 0 aliphatic heterocycles. The van der Waals surface area contributed by atoms with Crippen molar-refractivity contribution in [1.29, 1.82) is 0 Å². The molecule has 1 aromatic rings. The second-order valence-corrected chi connectivity index (χ2v) is 4.88. The average molecular weight is 286 g/mol. The molecule has 0 radical (unpaired) electrons. The van der Waals surface area contributed by atoms with Crippen molar-refractivity contribution in [3.05, 3.63) is 23.2 Å². The van der Waals surface area contributed by atoms with Gasteiger partial charge in [0.2, 0.25) is 0 Å². The summed E-state index contributed by atoms with van der Waals surface area (Å²) in [5, 5.41) is 15.0. The standard InChI is InChI=1S/C13H20ClN3O2/c1-4-10(8-18)15-13(19)16-11-7-9(14)5-6-12(11)17(2)3/h5-7,10,18H,4,8H2,1-3H3,(H2,15,16,19). The van der Waals surface area contributed by atoms with Crippen LogP contribution in [0, 0.1) is 0 Å². The molecular formula is C13H20ClN3O2. The number of nitrogens with zero attached hydrogens (tertiary/aromatic N) is 1. The number of amides is 2. The monoisotopic (exact) mass is 285 g/mol. The number of aliphatic hydroxyl groups is 1. The van der Waals surface area contributed by atoms with Crippen LogP contribution in [0.15, 0.2) is 18.2 Å². The lowest BCUT2D eigenvalue weighted by atomic mass is 10.2. The van der Waals surface area contributed by atoms with E-state index in [0.717, 1.165) is 5.69 Å². The Morgan fingerprint density at radius 2 is 2.16 bits per heavy atom. The van der Waals surface area contributed by atoms with Gasteiger partial charge in [0.1, 0.15) is 0 Å². The third-order valence-corrected chi connectivity index (χ3v) is 2.97. The SMILES string of the molecule is CCC(CO)NC(=O)Nc1cc(Cl)ccc1N(C)C. The lowest BCUT2D eigenvalue weighted by Gasteiger charge is -2.20. The van der Waals surface area contributed by atoms with Gasteiger partial charge in [0.15, 0.2) is 0 Å². The summed E-state index contributed by atoms with van der Waals surface area (Å²) in [5.74, 6) is 0. The van der Waals surface area contributed by atoms with Gasteiger partial charge in [0.05, 0.1) is 24.0 Å². The van der Waals surface area contributed by atoms with Crippen LogP contribution in [0.2, 0.25) is 5.02 Å². The van der Waals surface area contributed by atoms with Crippen LogP contribution in [0.3, 0.4) is 0 Å². The number of carbonyl (C=O) groups is 1. The highest BCUT2D eigenvalue weighted by Crippen LogP contribution is 2.27. The second-order valence-electron chi connectivity index (χ2n) is 4.44. The van der Waals surface area contributed by atoms with Crippen LogP contribution >= 0.6 is 11.6 Å². The molecule has 0 saturated carbocycles. The highest BCUT2D eigenvalue weighted by atomic mass is 35.5. The maximum atomic E-state index is 11.8. The van der Waals surface area contributed by atoms with Crippen LogP contribution in [0.25, 0.3) is 0 Å². The second kappa shape index (κ2) is 7.21. The lowest BCUT2D eigenvalue weighted by Crippen LogP contribution is -2.39. The largest absolute Gasteiger partial charge is 0.394 e. The number of carbonyl (C=O) groups excluding carboxylic acids is 1. The van der Waals surface area contributed by atoms with E-state index >= 15 is 0 Å². The van der Waals surface area contributed by atoms with E-state index in [-0.39, 0.29) is 18.7 Å². The van der Waals surface area contributed by atoms with Gasteiger partial charge in [-0.25, -0.2) is 4.79 Å². The van der Waals surface area contributed by atoms with Crippen LogP contribution in [0.1, 0.15) is 13.3 Å². The normalized spacial score (nSPS) is 11.8. The van der Waals surface area contributed by atoms with Gasteiger partial charge in [-0.1, -0.05) is 18.5 Å². The first-order valence-electron chi connectivity index (χ1n) is 6.13. The molecule has 0 saturated heterocycles. The van der Waals surface area contributed by atoms with E-state index in [4.69, 9.17) is 16.7 Å². The van der Waals surface area contributed by atoms with Crippen molar-refractivity contribution in [3.63, 3.8) is 0 Å². The number of anilines is 2. The molecule has 2 amide bonds. The Kier molecular flexibility index (Phi) is 5.92. The number of halogens is 1. The third-order valence-electron chi connectivity index (χ3n) is 2.74. The predicted octanol–water partition coefficient (Wildman–Crippen LogP) is 2.30. The Morgan fingerprint density at radius 1 is 1.47 bits per heavy atom. The molecule has 1 rings (SSSR count). The zero-order valence-electron chi connectivity index (χ0n) is 11.4. The summed E-state index contributed by atoms with van der Waals surface area (Å²) in [6.45, 7) is 1.81. The molecule has 0 aromatic heterocycles. The molecule has 6 heteroatoms. The van der Waals surface area contributed by atoms with Crippen molar-refractivity contribution in [2.75, 3.05) is 30.9 Å². The molecule has 106 valence electrons. The maximum Gasteiger partial charge on any atom is 0.319 e. The smallest absolute Gasteiger partial charge is 0.319 e. The summed E-state index contributed by atoms with van der Waals surface area (Å²) >= 11 is 5.94. The zero-order valence-corrected chi connectivity index (χ0v) is 12.2. The lowest BCUT2D eigenvalue weighted by molar-refractivity contribution is 0.222. The van der Waals surface area contributed by atoms with Crippen LogP contribution in [0.5, 0.6) is 0 Å². The molecule has 1 unspecified atom stereocenters. The number of rotatable bonds is 5. The Bertz CT molecular complexity index is 434. The van der Waals surface area contributed by atoms with Crippen molar-refractivity contribution >= 4 is 29.0 Å². The first-order valence-corrected chi connectivity index (χ1v) is 6.51. The molecule has 19 heavy (non-hydrogen) atoms. The Balaban J connectivity index is 2.80. The summed E-state index contributed by atoms with van der Waals surface area (Å²) in [6, 6.07) is 4.69. The Morgan fingerprint density at radius 3 is 2.68 bits per heavy atom. The molecule has 1 atom stereocenters. The summed E-state index contributed by atoms with van der Waals surface area (Å²) in [5.41, 5.74) is 1.49. The van der Waals surface area contributed by atoms with Crippen molar-refractivity contribution in [2.24, 2.45) is 0 Å². The van der Waals surface area contributed by atoms with E-state index in [9.17, 15) is 4.79 Å². The predicted molar refractivity (Wildman–Crippen MR) is 79.1 cm³/mol. The summed E-state index contributed by atoms with van der Waals surface area (Å²) in [7, 11) is 3.77. The molecule has 0 fully saturated rings. The molecule has 1 aromatic carbocycles. The summed E-state index contributed by atoms with van der Waals surface area (Å²) in [6.07, 6.45) is 0.667. The van der Waals surface area contributed by atoms with Crippen molar-refractivity contribution in [2.45, 2.75) is 19.4 Å². The number of hydrogen-bond acceptors (Lipinski definition) is 3. The number of urea groups is 1. The number of nitrogens with one attached hydrogen (secondary N) is 2. The molecule has 0 bridgehead atoms.